The van der Waals surface area contributed by atoms with Crippen molar-refractivity contribution in [3.8, 4) is 11.3 Å². The monoisotopic (exact) mass is 171 g/mol. The van der Waals surface area contributed by atoms with Crippen molar-refractivity contribution >= 4 is 0 Å². The van der Waals surface area contributed by atoms with Crippen LogP contribution in [0.1, 0.15) is 12.6 Å². The second-order valence-electron chi connectivity index (χ2n) is 2.90. The third kappa shape index (κ3) is 1.61. The molecule has 0 aliphatic carbocycles. The van der Waals surface area contributed by atoms with Crippen LogP contribution < -0.4 is 0 Å². The quantitative estimate of drug-likeness (QED) is 0.738. The number of benzene rings is 1. The van der Waals surface area contributed by atoms with Crippen LogP contribution in [-0.2, 0) is 6.42 Å². The van der Waals surface area contributed by atoms with Gasteiger partial charge in [-0.3, -0.25) is 5.10 Å². The van der Waals surface area contributed by atoms with E-state index < -0.39 is 0 Å². The summed E-state index contributed by atoms with van der Waals surface area (Å²) in [5, 5.41) is 7.13. The summed E-state index contributed by atoms with van der Waals surface area (Å²) in [6, 6.07) is 13.3. The Balaban J connectivity index is 2.36. The van der Waals surface area contributed by atoms with Gasteiger partial charge in [0, 0.05) is 17.3 Å². The van der Waals surface area contributed by atoms with Crippen molar-refractivity contribution in [1.82, 2.24) is 10.2 Å². The van der Waals surface area contributed by atoms with E-state index in [0.717, 1.165) is 23.4 Å². The van der Waals surface area contributed by atoms with E-state index in [1.165, 1.54) is 0 Å². The number of nitrogens with zero attached hydrogens (tertiary/aromatic N) is 1. The molecule has 2 rings (SSSR count). The topological polar surface area (TPSA) is 28.7 Å². The lowest BCUT2D eigenvalue weighted by Crippen LogP contribution is -1.76. The van der Waals surface area contributed by atoms with E-state index >= 15 is 0 Å². The molecule has 0 atom stereocenters. The summed E-state index contributed by atoms with van der Waals surface area (Å²) in [5.41, 5.74) is 3.06. The van der Waals surface area contributed by atoms with E-state index in [-0.39, 0.29) is 0 Å². The molecule has 1 heterocycles. The molecular formula is C11H11N2. The van der Waals surface area contributed by atoms with Gasteiger partial charge in [0.25, 0.3) is 0 Å². The molecule has 0 fully saturated rings. The minimum Gasteiger partial charge on any atom is -0.281 e. The molecule has 0 spiro atoms. The van der Waals surface area contributed by atoms with Gasteiger partial charge in [-0.2, -0.15) is 5.10 Å². The standard InChI is InChI=1S/C11H11N2/c1-2-10-8-11(13-12-10)9-6-4-3-5-7-9/h3-7H,2H2,1H3,(H,12,13). The van der Waals surface area contributed by atoms with Crippen LogP contribution in [0.15, 0.2) is 30.3 Å². The highest BCUT2D eigenvalue weighted by Crippen LogP contribution is 2.15. The van der Waals surface area contributed by atoms with Gasteiger partial charge in [-0.15, -0.1) is 0 Å². The minimum atomic E-state index is 0.900. The maximum atomic E-state index is 4.18. The van der Waals surface area contributed by atoms with Crippen LogP contribution in [0.4, 0.5) is 0 Å². The molecule has 2 nitrogen and oxygen atoms in total. The number of aromatic nitrogens is 2. The highest BCUT2D eigenvalue weighted by molar-refractivity contribution is 5.58. The fourth-order valence-electron chi connectivity index (χ4n) is 1.22. The Kier molecular flexibility index (Phi) is 2.13. The Labute approximate surface area is 77.6 Å². The van der Waals surface area contributed by atoms with Gasteiger partial charge in [-0.05, 0) is 6.42 Å². The van der Waals surface area contributed by atoms with Gasteiger partial charge in [-0.25, -0.2) is 0 Å². The lowest BCUT2D eigenvalue weighted by Gasteiger charge is -1.91. The summed E-state index contributed by atoms with van der Waals surface area (Å²) in [6.45, 7) is 2.08. The van der Waals surface area contributed by atoms with Gasteiger partial charge in [0.15, 0.2) is 0 Å². The molecule has 0 aliphatic heterocycles. The lowest BCUT2D eigenvalue weighted by molar-refractivity contribution is 0.975. The van der Waals surface area contributed by atoms with Gasteiger partial charge in [-0.1, -0.05) is 37.3 Å². The molecule has 2 heteroatoms. The van der Waals surface area contributed by atoms with E-state index in [9.17, 15) is 0 Å². The summed E-state index contributed by atoms with van der Waals surface area (Å²) in [4.78, 5) is 0. The molecule has 1 aromatic heterocycles. The number of H-pyrrole nitrogens is 1. The zero-order chi connectivity index (χ0) is 9.10. The normalized spacial score (nSPS) is 10.2. The summed E-state index contributed by atoms with van der Waals surface area (Å²) < 4.78 is 0. The first-order chi connectivity index (χ1) is 6.40. The Morgan fingerprint density at radius 3 is 2.69 bits per heavy atom. The SMILES string of the molecule is CCc1[c]c(-c2ccccc2)n[nH]1. The van der Waals surface area contributed by atoms with Gasteiger partial charge < -0.3 is 0 Å². The van der Waals surface area contributed by atoms with Crippen molar-refractivity contribution < 1.29 is 0 Å². The Morgan fingerprint density at radius 2 is 2.08 bits per heavy atom. The van der Waals surface area contributed by atoms with E-state index in [1.54, 1.807) is 0 Å². The van der Waals surface area contributed by atoms with Gasteiger partial charge in [0.2, 0.25) is 0 Å². The molecule has 0 amide bonds. The first-order valence-corrected chi connectivity index (χ1v) is 4.42. The number of nitrogens with one attached hydrogen (secondary N) is 1. The van der Waals surface area contributed by atoms with Crippen LogP contribution in [-0.4, -0.2) is 10.2 Å². The molecule has 2 aromatic rings. The van der Waals surface area contributed by atoms with Crippen LogP contribution in [0.25, 0.3) is 11.3 Å². The van der Waals surface area contributed by atoms with Gasteiger partial charge in [0.05, 0.1) is 0 Å². The van der Waals surface area contributed by atoms with Crippen LogP contribution in [0.3, 0.4) is 0 Å². The fraction of sp³-hybridized carbons (Fsp3) is 0.182. The molecule has 1 N–H and O–H groups in total. The predicted octanol–water partition coefficient (Wildman–Crippen LogP) is 2.44. The number of hydrogen-bond acceptors (Lipinski definition) is 1. The number of aromatic amines is 1. The minimum absolute atomic E-state index is 0.900. The van der Waals surface area contributed by atoms with Crippen molar-refractivity contribution in [2.75, 3.05) is 0 Å². The second kappa shape index (κ2) is 3.44. The van der Waals surface area contributed by atoms with Crippen LogP contribution >= 0.6 is 0 Å². The molecule has 0 saturated heterocycles. The Hall–Kier alpha value is -1.57. The van der Waals surface area contributed by atoms with Crippen molar-refractivity contribution in [3.05, 3.63) is 42.1 Å². The third-order valence-electron chi connectivity index (χ3n) is 1.97. The molecule has 65 valence electrons. The first kappa shape index (κ1) is 8.05. The van der Waals surface area contributed by atoms with E-state index in [1.807, 2.05) is 30.3 Å². The molecule has 13 heavy (non-hydrogen) atoms. The molecule has 1 aromatic carbocycles. The Morgan fingerprint density at radius 1 is 1.31 bits per heavy atom. The van der Waals surface area contributed by atoms with Crippen LogP contribution in [0.5, 0.6) is 0 Å². The predicted molar refractivity (Wildman–Crippen MR) is 52.2 cm³/mol. The fourth-order valence-corrected chi connectivity index (χ4v) is 1.22. The first-order valence-electron chi connectivity index (χ1n) is 4.42. The van der Waals surface area contributed by atoms with Crippen molar-refractivity contribution in [1.29, 1.82) is 0 Å². The maximum Gasteiger partial charge on any atom is 0.100 e. The highest BCUT2D eigenvalue weighted by Gasteiger charge is 2.01. The third-order valence-corrected chi connectivity index (χ3v) is 1.97. The lowest BCUT2D eigenvalue weighted by atomic mass is 10.1. The highest BCUT2D eigenvalue weighted by atomic mass is 15.1. The molecule has 0 aliphatic rings. The summed E-state index contributed by atoms with van der Waals surface area (Å²) in [7, 11) is 0. The van der Waals surface area contributed by atoms with Crippen molar-refractivity contribution in [3.63, 3.8) is 0 Å². The largest absolute Gasteiger partial charge is 0.281 e. The Bertz CT molecular complexity index is 376. The van der Waals surface area contributed by atoms with E-state index in [4.69, 9.17) is 0 Å². The second-order valence-corrected chi connectivity index (χ2v) is 2.90. The number of hydrogen-bond donors (Lipinski definition) is 1. The van der Waals surface area contributed by atoms with Crippen LogP contribution in [0.2, 0.25) is 0 Å². The average molecular weight is 171 g/mol. The van der Waals surface area contributed by atoms with Crippen LogP contribution in [0, 0.1) is 6.07 Å². The zero-order valence-electron chi connectivity index (χ0n) is 7.54. The van der Waals surface area contributed by atoms with E-state index in [2.05, 4.69) is 23.2 Å². The van der Waals surface area contributed by atoms with Crippen molar-refractivity contribution in [2.45, 2.75) is 13.3 Å². The van der Waals surface area contributed by atoms with Gasteiger partial charge >= 0.3 is 0 Å². The molecular weight excluding hydrogens is 160 g/mol. The summed E-state index contributed by atoms with van der Waals surface area (Å²) in [6.07, 6.45) is 0.944. The number of aryl methyl sites for hydroxylation is 1. The van der Waals surface area contributed by atoms with Gasteiger partial charge in [0.1, 0.15) is 5.69 Å². The molecule has 0 unspecified atom stereocenters. The average Bonchev–Trinajstić information content (AvgIpc) is 2.67. The van der Waals surface area contributed by atoms with Crippen molar-refractivity contribution in [2.24, 2.45) is 0 Å². The smallest absolute Gasteiger partial charge is 0.100 e. The summed E-state index contributed by atoms with van der Waals surface area (Å²) >= 11 is 0. The molecule has 1 radical (unpaired) electrons. The van der Waals surface area contributed by atoms with E-state index in [0.29, 0.717) is 0 Å². The molecule has 0 bridgehead atoms. The maximum absolute atomic E-state index is 4.18. The molecule has 0 saturated carbocycles. The summed E-state index contributed by atoms with van der Waals surface area (Å²) in [5.74, 6) is 0. The number of rotatable bonds is 2. The zero-order valence-corrected chi connectivity index (χ0v) is 7.54.